The first kappa shape index (κ1) is 11.1. The molecular formula is C13H18O4. The number of ether oxygens (including phenoxy) is 2. The molecular weight excluding hydrogens is 220 g/mol. The monoisotopic (exact) mass is 238 g/mol. The van der Waals surface area contributed by atoms with Gasteiger partial charge in [0.1, 0.15) is 12.0 Å². The highest BCUT2D eigenvalue weighted by molar-refractivity contribution is 5.79. The molecule has 4 nitrogen and oxygen atoms in total. The van der Waals surface area contributed by atoms with Gasteiger partial charge in [-0.3, -0.25) is 9.59 Å². The summed E-state index contributed by atoms with van der Waals surface area (Å²) in [6.07, 6.45) is 3.48. The maximum absolute atomic E-state index is 11.9. The van der Waals surface area contributed by atoms with E-state index in [0.717, 1.165) is 25.7 Å². The molecule has 17 heavy (non-hydrogen) atoms. The third-order valence-electron chi connectivity index (χ3n) is 4.65. The lowest BCUT2D eigenvalue weighted by Crippen LogP contribution is -2.53. The van der Waals surface area contributed by atoms with Crippen molar-refractivity contribution in [3.8, 4) is 0 Å². The SMILES string of the molecule is CC(=O)O[C@]12[C@@H]3CC[C@H]1OC(=O)[C@H]2C[C@@H](C)C3. The average Bonchev–Trinajstić information content (AvgIpc) is 2.68. The average molecular weight is 238 g/mol. The standard InChI is InChI=1S/C13H18O4/c1-7-5-9-3-4-11-13(9,17-8(2)14)10(6-7)12(15)16-11/h7,9-11H,3-6H2,1-2H3/t7-,9+,10+,11+,13-/m0/s1. The molecule has 1 aliphatic heterocycles. The summed E-state index contributed by atoms with van der Waals surface area (Å²) >= 11 is 0. The molecule has 94 valence electrons. The number of hydrogen-bond donors (Lipinski definition) is 0. The summed E-state index contributed by atoms with van der Waals surface area (Å²) in [5.41, 5.74) is -0.630. The molecule has 3 aliphatic rings. The fourth-order valence-electron chi connectivity index (χ4n) is 4.17. The van der Waals surface area contributed by atoms with Crippen LogP contribution in [0, 0.1) is 17.8 Å². The van der Waals surface area contributed by atoms with E-state index in [1.54, 1.807) is 0 Å². The van der Waals surface area contributed by atoms with Crippen molar-refractivity contribution in [1.82, 2.24) is 0 Å². The lowest BCUT2D eigenvalue weighted by atomic mass is 9.67. The summed E-state index contributed by atoms with van der Waals surface area (Å²) in [5, 5.41) is 0. The first-order chi connectivity index (χ1) is 8.04. The highest BCUT2D eigenvalue weighted by atomic mass is 16.6. The Kier molecular flexibility index (Phi) is 2.25. The first-order valence-electron chi connectivity index (χ1n) is 6.44. The molecule has 0 aromatic heterocycles. The Morgan fingerprint density at radius 2 is 2.18 bits per heavy atom. The molecule has 0 N–H and O–H groups in total. The van der Waals surface area contributed by atoms with Crippen molar-refractivity contribution >= 4 is 11.9 Å². The van der Waals surface area contributed by atoms with E-state index in [0.29, 0.717) is 11.8 Å². The van der Waals surface area contributed by atoms with Crippen LogP contribution in [-0.2, 0) is 19.1 Å². The van der Waals surface area contributed by atoms with E-state index in [-0.39, 0.29) is 24.0 Å². The summed E-state index contributed by atoms with van der Waals surface area (Å²) in [6, 6.07) is 0. The molecule has 0 radical (unpaired) electrons. The molecule has 4 heteroatoms. The maximum atomic E-state index is 11.9. The van der Waals surface area contributed by atoms with E-state index in [2.05, 4.69) is 6.92 Å². The molecule has 3 fully saturated rings. The van der Waals surface area contributed by atoms with Gasteiger partial charge in [-0.2, -0.15) is 0 Å². The maximum Gasteiger partial charge on any atom is 0.313 e. The number of hydrogen-bond acceptors (Lipinski definition) is 4. The van der Waals surface area contributed by atoms with Gasteiger partial charge in [0.05, 0.1) is 0 Å². The van der Waals surface area contributed by atoms with Crippen molar-refractivity contribution < 1.29 is 19.1 Å². The minimum atomic E-state index is -0.630. The van der Waals surface area contributed by atoms with Crippen LogP contribution >= 0.6 is 0 Å². The van der Waals surface area contributed by atoms with Gasteiger partial charge in [0.15, 0.2) is 5.60 Å². The van der Waals surface area contributed by atoms with Crippen molar-refractivity contribution in [1.29, 1.82) is 0 Å². The Balaban J connectivity index is 2.01. The van der Waals surface area contributed by atoms with E-state index < -0.39 is 5.60 Å². The van der Waals surface area contributed by atoms with Crippen molar-refractivity contribution in [2.75, 3.05) is 0 Å². The second kappa shape index (κ2) is 3.47. The minimum absolute atomic E-state index is 0.160. The molecule has 0 aromatic carbocycles. The predicted octanol–water partition coefficient (Wildman–Crippen LogP) is 1.67. The topological polar surface area (TPSA) is 52.6 Å². The van der Waals surface area contributed by atoms with Crippen LogP contribution in [0.15, 0.2) is 0 Å². The first-order valence-corrected chi connectivity index (χ1v) is 6.44. The van der Waals surface area contributed by atoms with Gasteiger partial charge in [-0.15, -0.1) is 0 Å². The van der Waals surface area contributed by atoms with E-state index >= 15 is 0 Å². The summed E-state index contributed by atoms with van der Waals surface area (Å²) in [5.74, 6) is 0.134. The molecule has 0 amide bonds. The Bertz CT molecular complexity index is 378. The Morgan fingerprint density at radius 3 is 2.88 bits per heavy atom. The van der Waals surface area contributed by atoms with Crippen molar-refractivity contribution in [3.63, 3.8) is 0 Å². The summed E-state index contributed by atoms with van der Waals surface area (Å²) in [4.78, 5) is 23.3. The highest BCUT2D eigenvalue weighted by Crippen LogP contribution is 2.57. The summed E-state index contributed by atoms with van der Waals surface area (Å²) < 4.78 is 11.1. The molecule has 0 spiro atoms. The second-order valence-corrected chi connectivity index (χ2v) is 5.78. The molecule has 0 bridgehead atoms. The molecule has 1 saturated heterocycles. The lowest BCUT2D eigenvalue weighted by molar-refractivity contribution is -0.177. The van der Waals surface area contributed by atoms with Crippen LogP contribution in [0.1, 0.15) is 39.5 Å². The predicted molar refractivity (Wildman–Crippen MR) is 59.0 cm³/mol. The van der Waals surface area contributed by atoms with Gasteiger partial charge >= 0.3 is 11.9 Å². The molecule has 1 heterocycles. The number of esters is 2. The van der Waals surface area contributed by atoms with Gasteiger partial charge in [0.25, 0.3) is 0 Å². The highest BCUT2D eigenvalue weighted by Gasteiger charge is 2.68. The fraction of sp³-hybridized carbons (Fsp3) is 0.846. The van der Waals surface area contributed by atoms with Crippen molar-refractivity contribution in [3.05, 3.63) is 0 Å². The van der Waals surface area contributed by atoms with E-state index in [1.165, 1.54) is 6.92 Å². The van der Waals surface area contributed by atoms with Gasteiger partial charge in [-0.05, 0) is 31.6 Å². The summed E-state index contributed by atoms with van der Waals surface area (Å²) in [6.45, 7) is 3.59. The minimum Gasteiger partial charge on any atom is -0.458 e. The molecule has 3 rings (SSSR count). The molecule has 0 aromatic rings. The van der Waals surface area contributed by atoms with Crippen LogP contribution in [0.3, 0.4) is 0 Å². The van der Waals surface area contributed by atoms with E-state index in [4.69, 9.17) is 9.47 Å². The van der Waals surface area contributed by atoms with Crippen molar-refractivity contribution in [2.45, 2.75) is 51.2 Å². The number of carbonyl (C=O) groups excluding carboxylic acids is 2. The van der Waals surface area contributed by atoms with Crippen LogP contribution in [-0.4, -0.2) is 23.6 Å². The fourth-order valence-corrected chi connectivity index (χ4v) is 4.17. The normalized spacial score (nSPS) is 47.5. The van der Waals surface area contributed by atoms with Crippen LogP contribution in [0.5, 0.6) is 0 Å². The summed E-state index contributed by atoms with van der Waals surface area (Å²) in [7, 11) is 0. The quantitative estimate of drug-likeness (QED) is 0.652. The Hall–Kier alpha value is -1.06. The van der Waals surface area contributed by atoms with E-state index in [1.807, 2.05) is 0 Å². The van der Waals surface area contributed by atoms with Gasteiger partial charge < -0.3 is 9.47 Å². The smallest absolute Gasteiger partial charge is 0.313 e. The molecule has 2 saturated carbocycles. The van der Waals surface area contributed by atoms with Crippen LogP contribution < -0.4 is 0 Å². The zero-order valence-electron chi connectivity index (χ0n) is 10.3. The Labute approximate surface area is 101 Å². The molecule has 2 aliphatic carbocycles. The van der Waals surface area contributed by atoms with Crippen LogP contribution in [0.25, 0.3) is 0 Å². The number of carbonyl (C=O) groups is 2. The third-order valence-corrected chi connectivity index (χ3v) is 4.65. The van der Waals surface area contributed by atoms with E-state index in [9.17, 15) is 9.59 Å². The zero-order valence-corrected chi connectivity index (χ0v) is 10.3. The molecule has 5 atom stereocenters. The third kappa shape index (κ3) is 1.36. The van der Waals surface area contributed by atoms with Gasteiger partial charge in [0.2, 0.25) is 0 Å². The van der Waals surface area contributed by atoms with Gasteiger partial charge in [0, 0.05) is 12.8 Å². The largest absolute Gasteiger partial charge is 0.458 e. The number of rotatable bonds is 1. The van der Waals surface area contributed by atoms with Gasteiger partial charge in [-0.25, -0.2) is 0 Å². The van der Waals surface area contributed by atoms with Crippen LogP contribution in [0.2, 0.25) is 0 Å². The second-order valence-electron chi connectivity index (χ2n) is 5.78. The zero-order chi connectivity index (χ0) is 12.2. The molecule has 0 unspecified atom stereocenters. The van der Waals surface area contributed by atoms with Crippen molar-refractivity contribution in [2.24, 2.45) is 17.8 Å². The Morgan fingerprint density at radius 1 is 1.41 bits per heavy atom. The van der Waals surface area contributed by atoms with Gasteiger partial charge in [-0.1, -0.05) is 6.92 Å². The van der Waals surface area contributed by atoms with Crippen LogP contribution in [0.4, 0.5) is 0 Å². The lowest BCUT2D eigenvalue weighted by Gasteiger charge is -2.42.